The van der Waals surface area contributed by atoms with E-state index in [9.17, 15) is 9.90 Å². The van der Waals surface area contributed by atoms with Crippen LogP contribution in [0.3, 0.4) is 0 Å². The average molecular weight is 316 g/mol. The van der Waals surface area contributed by atoms with Gasteiger partial charge in [0.15, 0.2) is 0 Å². The predicted octanol–water partition coefficient (Wildman–Crippen LogP) is 3.76. The SMILES string of the molecule is C=C1CCC(C(O)CCc2ccccc2)C(C)(C)C1C(=O)OC. The van der Waals surface area contributed by atoms with Gasteiger partial charge in [0, 0.05) is 0 Å². The molecule has 3 heteroatoms. The lowest BCUT2D eigenvalue weighted by Crippen LogP contribution is -2.47. The first-order chi connectivity index (χ1) is 10.9. The molecule has 1 fully saturated rings. The van der Waals surface area contributed by atoms with Crippen molar-refractivity contribution < 1.29 is 14.6 Å². The first kappa shape index (κ1) is 17.7. The van der Waals surface area contributed by atoms with Crippen molar-refractivity contribution in [3.8, 4) is 0 Å². The van der Waals surface area contributed by atoms with E-state index in [2.05, 4.69) is 32.6 Å². The topological polar surface area (TPSA) is 46.5 Å². The van der Waals surface area contributed by atoms with E-state index < -0.39 is 6.10 Å². The fourth-order valence-corrected chi connectivity index (χ4v) is 4.03. The summed E-state index contributed by atoms with van der Waals surface area (Å²) in [5.41, 5.74) is 1.81. The third kappa shape index (κ3) is 3.84. The van der Waals surface area contributed by atoms with Gasteiger partial charge >= 0.3 is 5.97 Å². The molecule has 0 bridgehead atoms. The predicted molar refractivity (Wildman–Crippen MR) is 91.9 cm³/mol. The second-order valence-corrected chi connectivity index (χ2v) is 7.17. The van der Waals surface area contributed by atoms with Crippen molar-refractivity contribution in [2.75, 3.05) is 7.11 Å². The number of rotatable bonds is 5. The van der Waals surface area contributed by atoms with Gasteiger partial charge in [-0.1, -0.05) is 56.3 Å². The van der Waals surface area contributed by atoms with Crippen LogP contribution in [0.25, 0.3) is 0 Å². The second kappa shape index (κ2) is 7.31. The van der Waals surface area contributed by atoms with E-state index in [-0.39, 0.29) is 23.2 Å². The van der Waals surface area contributed by atoms with Gasteiger partial charge < -0.3 is 9.84 Å². The molecule has 3 nitrogen and oxygen atoms in total. The number of hydrogen-bond acceptors (Lipinski definition) is 3. The van der Waals surface area contributed by atoms with Crippen molar-refractivity contribution in [2.45, 2.75) is 45.6 Å². The van der Waals surface area contributed by atoms with Crippen molar-refractivity contribution in [1.82, 2.24) is 0 Å². The lowest BCUT2D eigenvalue weighted by atomic mass is 9.58. The molecule has 0 aliphatic heterocycles. The average Bonchev–Trinajstić information content (AvgIpc) is 2.52. The lowest BCUT2D eigenvalue weighted by Gasteiger charge is -2.46. The molecule has 1 saturated carbocycles. The largest absolute Gasteiger partial charge is 0.469 e. The summed E-state index contributed by atoms with van der Waals surface area (Å²) in [7, 11) is 1.42. The molecule has 0 spiro atoms. The molecular weight excluding hydrogens is 288 g/mol. The van der Waals surface area contributed by atoms with Gasteiger partial charge in [0.25, 0.3) is 0 Å². The minimum Gasteiger partial charge on any atom is -0.469 e. The van der Waals surface area contributed by atoms with Crippen LogP contribution in [0, 0.1) is 17.3 Å². The minimum absolute atomic E-state index is 0.0702. The molecule has 1 aliphatic rings. The molecule has 126 valence electrons. The van der Waals surface area contributed by atoms with E-state index in [1.807, 2.05) is 18.2 Å². The van der Waals surface area contributed by atoms with Crippen LogP contribution in [0.1, 0.15) is 38.7 Å². The number of esters is 1. The standard InChI is InChI=1S/C20H28O3/c1-14-10-12-16(20(2,3)18(14)19(22)23-4)17(21)13-11-15-8-6-5-7-9-15/h5-9,16-18,21H,1,10-13H2,2-4H3. The van der Waals surface area contributed by atoms with Crippen LogP contribution in [0.2, 0.25) is 0 Å². The van der Waals surface area contributed by atoms with Crippen LogP contribution in [-0.4, -0.2) is 24.3 Å². The van der Waals surface area contributed by atoms with Gasteiger partial charge in [-0.25, -0.2) is 0 Å². The molecule has 0 amide bonds. The molecular formula is C20H28O3. The zero-order valence-corrected chi connectivity index (χ0v) is 14.4. The number of carbonyl (C=O) groups excluding carboxylic acids is 1. The third-order valence-corrected chi connectivity index (χ3v) is 5.36. The quantitative estimate of drug-likeness (QED) is 0.664. The monoisotopic (exact) mass is 316 g/mol. The highest BCUT2D eigenvalue weighted by atomic mass is 16.5. The summed E-state index contributed by atoms with van der Waals surface area (Å²) in [4.78, 5) is 12.2. The lowest BCUT2D eigenvalue weighted by molar-refractivity contribution is -0.152. The fourth-order valence-electron chi connectivity index (χ4n) is 4.03. The molecule has 1 aromatic carbocycles. The number of aliphatic hydroxyl groups is 1. The maximum atomic E-state index is 12.2. The third-order valence-electron chi connectivity index (χ3n) is 5.36. The number of benzene rings is 1. The Balaban J connectivity index is 2.08. The highest BCUT2D eigenvalue weighted by Gasteiger charge is 2.48. The minimum atomic E-state index is -0.425. The van der Waals surface area contributed by atoms with Gasteiger partial charge in [0.05, 0.1) is 19.1 Å². The van der Waals surface area contributed by atoms with Gasteiger partial charge in [0.2, 0.25) is 0 Å². The Morgan fingerprint density at radius 2 is 2.04 bits per heavy atom. The Morgan fingerprint density at radius 3 is 2.65 bits per heavy atom. The van der Waals surface area contributed by atoms with Crippen molar-refractivity contribution >= 4 is 5.97 Å². The van der Waals surface area contributed by atoms with Crippen molar-refractivity contribution in [1.29, 1.82) is 0 Å². The molecule has 0 radical (unpaired) electrons. The number of ether oxygens (including phenoxy) is 1. The molecule has 3 atom stereocenters. The summed E-state index contributed by atoms with van der Waals surface area (Å²) < 4.78 is 4.97. The molecule has 0 heterocycles. The van der Waals surface area contributed by atoms with Gasteiger partial charge in [-0.15, -0.1) is 0 Å². The van der Waals surface area contributed by atoms with E-state index in [1.54, 1.807) is 0 Å². The van der Waals surface area contributed by atoms with Crippen LogP contribution < -0.4 is 0 Å². The summed E-state index contributed by atoms with van der Waals surface area (Å²) in [6, 6.07) is 10.2. The summed E-state index contributed by atoms with van der Waals surface area (Å²) in [5.74, 6) is -0.501. The molecule has 1 N–H and O–H groups in total. The maximum absolute atomic E-state index is 12.2. The van der Waals surface area contributed by atoms with Crippen molar-refractivity contribution in [3.63, 3.8) is 0 Å². The van der Waals surface area contributed by atoms with E-state index in [4.69, 9.17) is 4.74 Å². The van der Waals surface area contributed by atoms with Gasteiger partial charge in [-0.2, -0.15) is 0 Å². The first-order valence-electron chi connectivity index (χ1n) is 8.35. The Labute approximate surface area is 139 Å². The molecule has 0 aromatic heterocycles. The Morgan fingerprint density at radius 1 is 1.39 bits per heavy atom. The normalized spacial score (nSPS) is 25.0. The van der Waals surface area contributed by atoms with Gasteiger partial charge in [0.1, 0.15) is 0 Å². The van der Waals surface area contributed by atoms with E-state index in [0.717, 1.165) is 24.8 Å². The summed E-state index contributed by atoms with van der Waals surface area (Å²) in [6.45, 7) is 8.17. The maximum Gasteiger partial charge on any atom is 0.313 e. The van der Waals surface area contributed by atoms with Crippen LogP contribution in [0.5, 0.6) is 0 Å². The highest BCUT2D eigenvalue weighted by molar-refractivity contribution is 5.76. The van der Waals surface area contributed by atoms with Crippen molar-refractivity contribution in [3.05, 3.63) is 48.0 Å². The van der Waals surface area contributed by atoms with E-state index >= 15 is 0 Å². The number of methoxy groups -OCH3 is 1. The summed E-state index contributed by atoms with van der Waals surface area (Å²) in [5, 5.41) is 10.7. The van der Waals surface area contributed by atoms with Crippen LogP contribution >= 0.6 is 0 Å². The molecule has 1 aliphatic carbocycles. The van der Waals surface area contributed by atoms with Gasteiger partial charge in [-0.05, 0) is 42.6 Å². The first-order valence-corrected chi connectivity index (χ1v) is 8.35. The molecule has 0 saturated heterocycles. The van der Waals surface area contributed by atoms with Gasteiger partial charge in [-0.3, -0.25) is 4.79 Å². The Bertz CT molecular complexity index is 539. The highest BCUT2D eigenvalue weighted by Crippen LogP contribution is 2.49. The zero-order chi connectivity index (χ0) is 17.0. The van der Waals surface area contributed by atoms with E-state index in [1.165, 1.54) is 12.7 Å². The number of carbonyl (C=O) groups is 1. The molecule has 1 aromatic rings. The number of hydrogen-bond donors (Lipinski definition) is 1. The Kier molecular flexibility index (Phi) is 5.64. The van der Waals surface area contributed by atoms with Crippen LogP contribution in [0.4, 0.5) is 0 Å². The molecule has 23 heavy (non-hydrogen) atoms. The summed E-state index contributed by atoms with van der Waals surface area (Å²) >= 11 is 0. The van der Waals surface area contributed by atoms with Crippen molar-refractivity contribution in [2.24, 2.45) is 17.3 Å². The van der Waals surface area contributed by atoms with Crippen LogP contribution in [-0.2, 0) is 16.0 Å². The second-order valence-electron chi connectivity index (χ2n) is 7.17. The van der Waals surface area contributed by atoms with Crippen LogP contribution in [0.15, 0.2) is 42.5 Å². The molecule has 2 rings (SSSR count). The zero-order valence-electron chi connectivity index (χ0n) is 14.4. The van der Waals surface area contributed by atoms with E-state index in [0.29, 0.717) is 6.42 Å². The fraction of sp³-hybridized carbons (Fsp3) is 0.550. The Hall–Kier alpha value is -1.61. The number of aryl methyl sites for hydroxylation is 1. The molecule has 3 unspecified atom stereocenters. The smallest absolute Gasteiger partial charge is 0.313 e. The summed E-state index contributed by atoms with van der Waals surface area (Å²) in [6.07, 6.45) is 2.77. The number of aliphatic hydroxyl groups excluding tert-OH is 1.